The van der Waals surface area contributed by atoms with Gasteiger partial charge in [-0.05, 0) is 18.4 Å². The Kier molecular flexibility index (Phi) is 7.97. The molecule has 0 amide bonds. The van der Waals surface area contributed by atoms with Crippen LogP contribution in [0.25, 0.3) is 0 Å². The molecule has 2 aromatic heterocycles. The molecule has 0 atom stereocenters. The van der Waals surface area contributed by atoms with Crippen molar-refractivity contribution in [1.82, 2.24) is 25.4 Å². The van der Waals surface area contributed by atoms with E-state index in [4.69, 9.17) is 0 Å². The number of hydrogen-bond acceptors (Lipinski definition) is 4. The molecule has 8 heteroatoms. The fraction of sp³-hybridized carbons (Fsp3) is 0.533. The van der Waals surface area contributed by atoms with Crippen molar-refractivity contribution in [2.45, 2.75) is 32.7 Å². The van der Waals surface area contributed by atoms with Crippen molar-refractivity contribution in [2.24, 2.45) is 12.0 Å². The Labute approximate surface area is 158 Å². The molecular formula is C15H25IN6S. The number of nitrogens with zero attached hydrogens (tertiary/aromatic N) is 4. The molecule has 0 bridgehead atoms. The van der Waals surface area contributed by atoms with Crippen molar-refractivity contribution in [2.75, 3.05) is 13.1 Å². The molecule has 23 heavy (non-hydrogen) atoms. The standard InChI is InChI=1S/C15H24N6S.HI/c1-5-16-14(17-9-13-19-11-20-21(13)4)18-10-15(2,3)12-7-6-8-22-12;/h6-8,11H,5,9-10H2,1-4H3,(H2,16,17,18);1H. The number of hydrogen-bond donors (Lipinski definition) is 2. The molecule has 0 aromatic carbocycles. The van der Waals surface area contributed by atoms with Crippen molar-refractivity contribution in [1.29, 1.82) is 0 Å². The third-order valence-corrected chi connectivity index (χ3v) is 4.65. The Hall–Kier alpha value is -1.16. The van der Waals surface area contributed by atoms with Gasteiger partial charge in [0.15, 0.2) is 5.96 Å². The van der Waals surface area contributed by atoms with Gasteiger partial charge >= 0.3 is 0 Å². The maximum Gasteiger partial charge on any atom is 0.191 e. The molecule has 128 valence electrons. The highest BCUT2D eigenvalue weighted by molar-refractivity contribution is 14.0. The van der Waals surface area contributed by atoms with E-state index in [1.807, 2.05) is 7.05 Å². The van der Waals surface area contributed by atoms with Crippen molar-refractivity contribution in [3.05, 3.63) is 34.5 Å². The van der Waals surface area contributed by atoms with Gasteiger partial charge < -0.3 is 10.6 Å². The average Bonchev–Trinajstić information content (AvgIpc) is 3.14. The summed E-state index contributed by atoms with van der Waals surface area (Å²) in [5.41, 5.74) is 0.0646. The highest BCUT2D eigenvalue weighted by atomic mass is 127. The molecule has 2 rings (SSSR count). The first-order valence-electron chi connectivity index (χ1n) is 7.42. The monoisotopic (exact) mass is 448 g/mol. The third kappa shape index (κ3) is 5.76. The van der Waals surface area contributed by atoms with Crippen LogP contribution in [0.2, 0.25) is 0 Å². The van der Waals surface area contributed by atoms with Crippen LogP contribution < -0.4 is 10.6 Å². The quantitative estimate of drug-likeness (QED) is 0.405. The van der Waals surface area contributed by atoms with Crippen LogP contribution in [-0.4, -0.2) is 33.8 Å². The zero-order chi connectivity index (χ0) is 16.0. The predicted octanol–water partition coefficient (Wildman–Crippen LogP) is 2.53. The summed E-state index contributed by atoms with van der Waals surface area (Å²) in [6.07, 6.45) is 1.55. The number of guanidine groups is 1. The van der Waals surface area contributed by atoms with Crippen molar-refractivity contribution in [3.63, 3.8) is 0 Å². The summed E-state index contributed by atoms with van der Waals surface area (Å²) >= 11 is 1.79. The van der Waals surface area contributed by atoms with Crippen LogP contribution in [0.1, 0.15) is 31.5 Å². The lowest BCUT2D eigenvalue weighted by Gasteiger charge is -2.25. The molecule has 0 aliphatic heterocycles. The van der Waals surface area contributed by atoms with Gasteiger partial charge in [0.25, 0.3) is 0 Å². The zero-order valence-corrected chi connectivity index (χ0v) is 17.2. The number of halogens is 1. The van der Waals surface area contributed by atoms with Crippen LogP contribution in [0.3, 0.4) is 0 Å². The molecular weight excluding hydrogens is 423 g/mol. The van der Waals surface area contributed by atoms with Gasteiger partial charge in [-0.3, -0.25) is 4.68 Å². The van der Waals surface area contributed by atoms with Crippen molar-refractivity contribution < 1.29 is 0 Å². The van der Waals surface area contributed by atoms with Crippen molar-refractivity contribution in [3.8, 4) is 0 Å². The van der Waals surface area contributed by atoms with E-state index in [-0.39, 0.29) is 29.4 Å². The second kappa shape index (κ2) is 9.21. The highest BCUT2D eigenvalue weighted by Gasteiger charge is 2.21. The third-order valence-electron chi connectivity index (χ3n) is 3.41. The van der Waals surface area contributed by atoms with Crippen molar-refractivity contribution >= 4 is 41.3 Å². The van der Waals surface area contributed by atoms with Gasteiger partial charge in [0, 0.05) is 30.4 Å². The van der Waals surface area contributed by atoms with Gasteiger partial charge in [-0.1, -0.05) is 19.9 Å². The number of rotatable bonds is 6. The van der Waals surface area contributed by atoms with Gasteiger partial charge in [-0.25, -0.2) is 9.98 Å². The highest BCUT2D eigenvalue weighted by Crippen LogP contribution is 2.26. The van der Waals surface area contributed by atoms with E-state index >= 15 is 0 Å². The molecule has 2 aromatic rings. The first-order chi connectivity index (χ1) is 10.5. The largest absolute Gasteiger partial charge is 0.357 e. The summed E-state index contributed by atoms with van der Waals surface area (Å²) in [6, 6.07) is 4.27. The Morgan fingerprint density at radius 3 is 2.74 bits per heavy atom. The lowest BCUT2D eigenvalue weighted by atomic mass is 9.91. The molecule has 0 aliphatic carbocycles. The molecule has 2 N–H and O–H groups in total. The fourth-order valence-electron chi connectivity index (χ4n) is 2.01. The molecule has 6 nitrogen and oxygen atoms in total. The Bertz CT molecular complexity index is 605. The topological polar surface area (TPSA) is 67.1 Å². The second-order valence-corrected chi connectivity index (χ2v) is 6.66. The van der Waals surface area contributed by atoms with Crippen LogP contribution >= 0.6 is 35.3 Å². The molecule has 0 fully saturated rings. The van der Waals surface area contributed by atoms with E-state index in [9.17, 15) is 0 Å². The number of thiophene rings is 1. The lowest BCUT2D eigenvalue weighted by molar-refractivity contribution is 0.518. The van der Waals surface area contributed by atoms with E-state index < -0.39 is 0 Å². The van der Waals surface area contributed by atoms with Gasteiger partial charge in [-0.2, -0.15) is 5.10 Å². The smallest absolute Gasteiger partial charge is 0.191 e. The van der Waals surface area contributed by atoms with E-state index in [0.29, 0.717) is 6.54 Å². The number of aliphatic imine (C=N–C) groups is 1. The summed E-state index contributed by atoms with van der Waals surface area (Å²) in [4.78, 5) is 10.1. The first kappa shape index (κ1) is 19.9. The Morgan fingerprint density at radius 1 is 1.39 bits per heavy atom. The zero-order valence-electron chi connectivity index (χ0n) is 14.0. The van der Waals surface area contributed by atoms with Crippen LogP contribution in [0.4, 0.5) is 0 Å². The first-order valence-corrected chi connectivity index (χ1v) is 8.30. The van der Waals surface area contributed by atoms with Gasteiger partial charge in [0.1, 0.15) is 18.7 Å². The minimum atomic E-state index is 0. The number of aromatic nitrogens is 3. The molecule has 0 saturated carbocycles. The predicted molar refractivity (Wildman–Crippen MR) is 107 cm³/mol. The maximum absolute atomic E-state index is 4.58. The van der Waals surface area contributed by atoms with Gasteiger partial charge in [0.2, 0.25) is 0 Å². The van der Waals surface area contributed by atoms with Gasteiger partial charge in [0.05, 0.1) is 0 Å². The van der Waals surface area contributed by atoms with Crippen LogP contribution in [0.15, 0.2) is 28.8 Å². The van der Waals surface area contributed by atoms with E-state index in [0.717, 1.165) is 24.9 Å². The van der Waals surface area contributed by atoms with Crippen LogP contribution in [0.5, 0.6) is 0 Å². The fourth-order valence-corrected chi connectivity index (χ4v) is 2.86. The molecule has 0 unspecified atom stereocenters. The molecule has 0 aliphatic rings. The summed E-state index contributed by atoms with van der Waals surface area (Å²) in [7, 11) is 1.87. The molecule has 0 saturated heterocycles. The number of aryl methyl sites for hydroxylation is 1. The Balaban J connectivity index is 0.00000264. The van der Waals surface area contributed by atoms with E-state index in [1.54, 1.807) is 22.3 Å². The maximum atomic E-state index is 4.58. The Morgan fingerprint density at radius 2 is 2.17 bits per heavy atom. The molecule has 0 radical (unpaired) electrons. The molecule has 0 spiro atoms. The molecule has 2 heterocycles. The summed E-state index contributed by atoms with van der Waals surface area (Å²) in [5, 5.41) is 12.9. The second-order valence-electron chi connectivity index (χ2n) is 5.71. The van der Waals surface area contributed by atoms with E-state index in [2.05, 4.69) is 64.0 Å². The summed E-state index contributed by atoms with van der Waals surface area (Å²) in [6.45, 7) is 8.67. The van der Waals surface area contributed by atoms with Gasteiger partial charge in [-0.15, -0.1) is 35.3 Å². The number of nitrogens with one attached hydrogen (secondary N) is 2. The minimum absolute atomic E-state index is 0. The van der Waals surface area contributed by atoms with Crippen LogP contribution in [-0.2, 0) is 19.0 Å². The SMILES string of the molecule is CCNC(=NCc1ncnn1C)NCC(C)(C)c1cccs1.I. The average molecular weight is 448 g/mol. The van der Waals surface area contributed by atoms with E-state index in [1.165, 1.54) is 4.88 Å². The summed E-state index contributed by atoms with van der Waals surface area (Å²) < 4.78 is 1.74. The minimum Gasteiger partial charge on any atom is -0.357 e. The lowest BCUT2D eigenvalue weighted by Crippen LogP contribution is -2.43. The normalized spacial score (nSPS) is 11.9. The summed E-state index contributed by atoms with van der Waals surface area (Å²) in [5.74, 6) is 1.64. The van der Waals surface area contributed by atoms with Crippen LogP contribution in [0, 0.1) is 0 Å².